The van der Waals surface area contributed by atoms with Crippen LogP contribution in [0.25, 0.3) is 0 Å². The largest absolute Gasteiger partial charge is 0.492 e. The molecule has 1 saturated heterocycles. The molecule has 1 N–H and O–H groups in total. The SMILES string of the molecule is CC(C)(C)c1ccc(OCCCNC(=O)N2CCN(c3ncccn3)CC2)c(Br)c1. The Morgan fingerprint density at radius 2 is 1.87 bits per heavy atom. The summed E-state index contributed by atoms with van der Waals surface area (Å²) in [6.07, 6.45) is 4.22. The van der Waals surface area contributed by atoms with E-state index in [-0.39, 0.29) is 11.4 Å². The van der Waals surface area contributed by atoms with Crippen molar-refractivity contribution in [1.82, 2.24) is 20.2 Å². The van der Waals surface area contributed by atoms with E-state index in [1.54, 1.807) is 18.5 Å². The Balaban J connectivity index is 1.35. The molecule has 8 heteroatoms. The molecule has 1 aliphatic rings. The highest BCUT2D eigenvalue weighted by molar-refractivity contribution is 9.10. The number of hydrogen-bond acceptors (Lipinski definition) is 5. The predicted molar refractivity (Wildman–Crippen MR) is 122 cm³/mol. The first kappa shape index (κ1) is 22.3. The van der Waals surface area contributed by atoms with Crippen LogP contribution in [0.3, 0.4) is 0 Å². The summed E-state index contributed by atoms with van der Waals surface area (Å²) in [6.45, 7) is 10.5. The average molecular weight is 476 g/mol. The minimum Gasteiger partial charge on any atom is -0.492 e. The standard InChI is InChI=1S/C22H30BrN5O2/c1-22(2,3)17-6-7-19(18(23)16-17)30-15-5-10-26-21(29)28-13-11-27(12-14-28)20-24-8-4-9-25-20/h4,6-9,16H,5,10-15H2,1-3H3,(H,26,29). The second kappa shape index (κ2) is 10.1. The number of rotatable bonds is 6. The van der Waals surface area contributed by atoms with Gasteiger partial charge in [-0.3, -0.25) is 0 Å². The molecule has 2 amide bonds. The topological polar surface area (TPSA) is 70.6 Å². The van der Waals surface area contributed by atoms with E-state index in [9.17, 15) is 4.79 Å². The number of benzene rings is 1. The van der Waals surface area contributed by atoms with Crippen LogP contribution in [0, 0.1) is 0 Å². The van der Waals surface area contributed by atoms with Gasteiger partial charge in [-0.05, 0) is 51.5 Å². The summed E-state index contributed by atoms with van der Waals surface area (Å²) in [6, 6.07) is 7.98. The van der Waals surface area contributed by atoms with E-state index in [4.69, 9.17) is 4.74 Å². The molecule has 0 spiro atoms. The highest BCUT2D eigenvalue weighted by Gasteiger charge is 2.22. The Morgan fingerprint density at radius 1 is 1.17 bits per heavy atom. The van der Waals surface area contributed by atoms with Crippen LogP contribution >= 0.6 is 15.9 Å². The maximum Gasteiger partial charge on any atom is 0.317 e. The number of carbonyl (C=O) groups excluding carboxylic acids is 1. The zero-order valence-corrected chi connectivity index (χ0v) is 19.5. The number of halogens is 1. The Bertz CT molecular complexity index is 833. The molecule has 0 unspecified atom stereocenters. The number of aromatic nitrogens is 2. The number of urea groups is 1. The van der Waals surface area contributed by atoms with E-state index < -0.39 is 0 Å². The third-order valence-electron chi connectivity index (χ3n) is 5.05. The molecule has 30 heavy (non-hydrogen) atoms. The molecule has 1 aromatic heterocycles. The fourth-order valence-electron chi connectivity index (χ4n) is 3.21. The Kier molecular flexibility index (Phi) is 7.53. The zero-order chi connectivity index (χ0) is 21.6. The van der Waals surface area contributed by atoms with Gasteiger partial charge in [0.2, 0.25) is 5.95 Å². The second-order valence-electron chi connectivity index (χ2n) is 8.35. The van der Waals surface area contributed by atoms with Crippen molar-refractivity contribution in [1.29, 1.82) is 0 Å². The van der Waals surface area contributed by atoms with E-state index in [1.807, 2.05) is 11.0 Å². The van der Waals surface area contributed by atoms with Gasteiger partial charge < -0.3 is 19.9 Å². The Labute approximate surface area is 187 Å². The third kappa shape index (κ3) is 6.08. The fraction of sp³-hybridized carbons (Fsp3) is 0.500. The number of carbonyl (C=O) groups is 1. The molecule has 0 radical (unpaired) electrons. The maximum absolute atomic E-state index is 12.4. The van der Waals surface area contributed by atoms with Gasteiger partial charge in [-0.1, -0.05) is 26.8 Å². The smallest absolute Gasteiger partial charge is 0.317 e. The molecule has 162 valence electrons. The van der Waals surface area contributed by atoms with Crippen LogP contribution in [-0.4, -0.2) is 60.2 Å². The molecular weight excluding hydrogens is 446 g/mol. The number of anilines is 1. The van der Waals surface area contributed by atoms with Crippen LogP contribution in [0.2, 0.25) is 0 Å². The number of nitrogens with one attached hydrogen (secondary N) is 1. The van der Waals surface area contributed by atoms with Crippen molar-refractivity contribution in [3.8, 4) is 5.75 Å². The first-order valence-corrected chi connectivity index (χ1v) is 11.1. The van der Waals surface area contributed by atoms with Crippen molar-refractivity contribution in [3.05, 3.63) is 46.7 Å². The van der Waals surface area contributed by atoms with Gasteiger partial charge in [0.15, 0.2) is 0 Å². The van der Waals surface area contributed by atoms with Crippen molar-refractivity contribution < 1.29 is 9.53 Å². The lowest BCUT2D eigenvalue weighted by Crippen LogP contribution is -2.52. The van der Waals surface area contributed by atoms with Gasteiger partial charge in [0.1, 0.15) is 5.75 Å². The molecule has 1 fully saturated rings. The summed E-state index contributed by atoms with van der Waals surface area (Å²) in [5, 5.41) is 2.98. The Hall–Kier alpha value is -2.35. The summed E-state index contributed by atoms with van der Waals surface area (Å²) in [7, 11) is 0. The van der Waals surface area contributed by atoms with Gasteiger partial charge >= 0.3 is 6.03 Å². The number of nitrogens with zero attached hydrogens (tertiary/aromatic N) is 4. The first-order chi connectivity index (χ1) is 14.3. The fourth-order valence-corrected chi connectivity index (χ4v) is 3.70. The zero-order valence-electron chi connectivity index (χ0n) is 17.9. The van der Waals surface area contributed by atoms with Crippen LogP contribution < -0.4 is 15.0 Å². The second-order valence-corrected chi connectivity index (χ2v) is 9.21. The van der Waals surface area contributed by atoms with Crippen molar-refractivity contribution >= 4 is 27.9 Å². The van der Waals surface area contributed by atoms with Crippen molar-refractivity contribution in [2.45, 2.75) is 32.6 Å². The van der Waals surface area contributed by atoms with Gasteiger partial charge in [-0.25, -0.2) is 14.8 Å². The highest BCUT2D eigenvalue weighted by atomic mass is 79.9. The lowest BCUT2D eigenvalue weighted by Gasteiger charge is -2.34. The van der Waals surface area contributed by atoms with Gasteiger partial charge in [0, 0.05) is 45.1 Å². The van der Waals surface area contributed by atoms with E-state index in [1.165, 1.54) is 5.56 Å². The van der Waals surface area contributed by atoms with Crippen LogP contribution in [0.4, 0.5) is 10.7 Å². The molecule has 1 aromatic carbocycles. The molecule has 2 aromatic rings. The van der Waals surface area contributed by atoms with Crippen LogP contribution in [0.1, 0.15) is 32.8 Å². The maximum atomic E-state index is 12.4. The van der Waals surface area contributed by atoms with Crippen LogP contribution in [0.15, 0.2) is 41.1 Å². The van der Waals surface area contributed by atoms with Gasteiger partial charge in [0.25, 0.3) is 0 Å². The summed E-state index contributed by atoms with van der Waals surface area (Å²) in [5.41, 5.74) is 1.36. The minimum absolute atomic E-state index is 0.0284. The summed E-state index contributed by atoms with van der Waals surface area (Å²) < 4.78 is 6.82. The quantitative estimate of drug-likeness (QED) is 0.642. The van der Waals surface area contributed by atoms with E-state index in [0.29, 0.717) is 26.2 Å². The third-order valence-corrected chi connectivity index (χ3v) is 5.67. The lowest BCUT2D eigenvalue weighted by atomic mass is 9.87. The minimum atomic E-state index is -0.0284. The molecule has 3 rings (SSSR count). The summed E-state index contributed by atoms with van der Waals surface area (Å²) in [4.78, 5) is 24.8. The molecule has 0 atom stereocenters. The molecule has 7 nitrogen and oxygen atoms in total. The summed E-state index contributed by atoms with van der Waals surface area (Å²) in [5.74, 6) is 1.55. The normalized spacial score (nSPS) is 14.5. The summed E-state index contributed by atoms with van der Waals surface area (Å²) >= 11 is 3.59. The molecule has 1 aliphatic heterocycles. The predicted octanol–water partition coefficient (Wildman–Crippen LogP) is 3.84. The molecule has 0 saturated carbocycles. The van der Waals surface area contributed by atoms with Gasteiger partial charge in [-0.15, -0.1) is 0 Å². The molecule has 0 aliphatic carbocycles. The molecule has 0 bridgehead atoms. The first-order valence-electron chi connectivity index (χ1n) is 10.3. The van der Waals surface area contributed by atoms with Crippen molar-refractivity contribution in [2.75, 3.05) is 44.2 Å². The molecular formula is C22H30BrN5O2. The van der Waals surface area contributed by atoms with E-state index >= 15 is 0 Å². The van der Waals surface area contributed by atoms with Crippen molar-refractivity contribution in [3.63, 3.8) is 0 Å². The van der Waals surface area contributed by atoms with Gasteiger partial charge in [-0.2, -0.15) is 0 Å². The van der Waals surface area contributed by atoms with E-state index in [0.717, 1.165) is 35.7 Å². The number of hydrogen-bond donors (Lipinski definition) is 1. The van der Waals surface area contributed by atoms with Crippen molar-refractivity contribution in [2.24, 2.45) is 0 Å². The highest BCUT2D eigenvalue weighted by Crippen LogP contribution is 2.31. The van der Waals surface area contributed by atoms with E-state index in [2.05, 4.69) is 69.0 Å². The number of ether oxygens (including phenoxy) is 1. The van der Waals surface area contributed by atoms with Crippen LogP contribution in [-0.2, 0) is 5.41 Å². The number of amides is 2. The van der Waals surface area contributed by atoms with Crippen LogP contribution in [0.5, 0.6) is 5.75 Å². The Morgan fingerprint density at radius 3 is 2.50 bits per heavy atom. The average Bonchev–Trinajstić information content (AvgIpc) is 2.74. The molecule has 2 heterocycles. The number of piperazine rings is 1. The lowest BCUT2D eigenvalue weighted by molar-refractivity contribution is 0.193. The van der Waals surface area contributed by atoms with Gasteiger partial charge in [0.05, 0.1) is 11.1 Å². The monoisotopic (exact) mass is 475 g/mol.